The van der Waals surface area contributed by atoms with Gasteiger partial charge < -0.3 is 0 Å². The molecule has 11 aromatic rings. The molecule has 2 aromatic heterocycles. The maximum atomic E-state index is 5.64. The van der Waals surface area contributed by atoms with Gasteiger partial charge in [0.2, 0.25) is 0 Å². The van der Waals surface area contributed by atoms with Crippen LogP contribution >= 0.6 is 0 Å². The van der Waals surface area contributed by atoms with Gasteiger partial charge in [0.1, 0.15) is 0 Å². The van der Waals surface area contributed by atoms with Crippen LogP contribution in [0.15, 0.2) is 261 Å². The highest BCUT2D eigenvalue weighted by molar-refractivity contribution is 6.05. The van der Waals surface area contributed by atoms with Gasteiger partial charge in [-0.05, 0) is 63.2 Å². The number of hydrogen-bond donors (Lipinski definition) is 0. The second kappa shape index (κ2) is 18.1. The summed E-state index contributed by atoms with van der Waals surface area (Å²) < 4.78 is 0. The van der Waals surface area contributed by atoms with Crippen LogP contribution in [0.2, 0.25) is 0 Å². The lowest BCUT2D eigenvalue weighted by atomic mass is 9.82. The van der Waals surface area contributed by atoms with Crippen LogP contribution in [0.1, 0.15) is 0 Å². The van der Waals surface area contributed by atoms with E-state index >= 15 is 0 Å². The molecule has 0 unspecified atom stereocenters. The lowest BCUT2D eigenvalue weighted by Crippen LogP contribution is -2.01. The number of pyridine rings is 1. The van der Waals surface area contributed by atoms with Crippen molar-refractivity contribution in [3.05, 3.63) is 261 Å². The van der Waals surface area contributed by atoms with E-state index in [4.69, 9.17) is 15.0 Å². The maximum Gasteiger partial charge on any atom is 0.160 e. The molecule has 2 heterocycles. The van der Waals surface area contributed by atoms with Gasteiger partial charge in [-0.2, -0.15) is 0 Å². The van der Waals surface area contributed by atoms with Crippen LogP contribution in [0.3, 0.4) is 0 Å². The van der Waals surface area contributed by atoms with Gasteiger partial charge in [-0.15, -0.1) is 0 Å². The van der Waals surface area contributed by atoms with Crippen molar-refractivity contribution in [2.24, 2.45) is 0 Å². The Morgan fingerprint density at radius 1 is 0.182 bits per heavy atom. The third-order valence-electron chi connectivity index (χ3n) is 12.1. The minimum atomic E-state index is 0.684. The normalized spacial score (nSPS) is 11.0. The van der Waals surface area contributed by atoms with E-state index in [0.717, 1.165) is 106 Å². The molecule has 11 rings (SSSR count). The molecule has 0 saturated heterocycles. The second-order valence-corrected chi connectivity index (χ2v) is 16.3. The van der Waals surface area contributed by atoms with Gasteiger partial charge in [0.05, 0.1) is 22.8 Å². The third kappa shape index (κ3) is 8.14. The van der Waals surface area contributed by atoms with Gasteiger partial charge in [-0.1, -0.05) is 237 Å². The van der Waals surface area contributed by atoms with Crippen LogP contribution < -0.4 is 0 Å². The van der Waals surface area contributed by atoms with Crippen molar-refractivity contribution in [3.8, 4) is 112 Å². The Balaban J connectivity index is 1.10. The average Bonchev–Trinajstić information content (AvgIpc) is 3.41. The largest absolute Gasteiger partial charge is 0.246 e. The first-order chi connectivity index (χ1) is 32.7. The first-order valence-electron chi connectivity index (χ1n) is 22.3. The second-order valence-electron chi connectivity index (χ2n) is 16.3. The van der Waals surface area contributed by atoms with Gasteiger partial charge in [0.25, 0.3) is 0 Å². The molecule has 0 bridgehead atoms. The Labute approximate surface area is 386 Å². The predicted molar refractivity (Wildman–Crippen MR) is 274 cm³/mol. The van der Waals surface area contributed by atoms with E-state index in [9.17, 15) is 0 Å². The van der Waals surface area contributed by atoms with E-state index in [-0.39, 0.29) is 0 Å². The number of rotatable bonds is 10. The molecule has 0 amide bonds. The molecule has 310 valence electrons. The third-order valence-corrected chi connectivity index (χ3v) is 12.1. The minimum Gasteiger partial charge on any atom is -0.246 e. The van der Waals surface area contributed by atoms with Gasteiger partial charge in [-0.3, -0.25) is 0 Å². The molecule has 0 aliphatic carbocycles. The van der Waals surface area contributed by atoms with Crippen LogP contribution in [0, 0.1) is 0 Å². The topological polar surface area (TPSA) is 38.7 Å². The van der Waals surface area contributed by atoms with E-state index in [1.165, 1.54) is 0 Å². The standard InChI is InChI=1S/C63H43N3/c1-7-22-44(23-8-1)50-34-19-37-53(40-50)56-43-57(65-63(64-56)49-32-17-6-18-33-49)54-38-20-35-51(41-54)52-36-21-39-55(42-52)58-59(45-24-9-2-10-25-45)61(47-28-13-4-14-29-47)66-62(48-30-15-5-16-31-48)60(58)46-26-11-3-12-27-46/h1-43H. The lowest BCUT2D eigenvalue weighted by molar-refractivity contribution is 1.18. The molecule has 0 spiro atoms. The molecule has 3 nitrogen and oxygen atoms in total. The Kier molecular flexibility index (Phi) is 11.0. The van der Waals surface area contributed by atoms with Gasteiger partial charge >= 0.3 is 0 Å². The average molecular weight is 842 g/mol. The SMILES string of the molecule is c1ccc(-c2cccc(-c3cc(-c4cccc(-c5cccc(-c6c(-c7ccccc7)c(-c7ccccc7)nc(-c7ccccc7)c6-c6ccccc6)c5)c4)nc(-c4ccccc4)n3)c2)cc1. The molecule has 66 heavy (non-hydrogen) atoms. The highest BCUT2D eigenvalue weighted by Crippen LogP contribution is 2.49. The molecule has 0 atom stereocenters. The molecule has 0 aliphatic heterocycles. The molecule has 0 N–H and O–H groups in total. The summed E-state index contributed by atoms with van der Waals surface area (Å²) in [6, 6.07) is 91.8. The zero-order chi connectivity index (χ0) is 44.1. The summed E-state index contributed by atoms with van der Waals surface area (Å²) in [5.74, 6) is 0.684. The molecule has 0 fully saturated rings. The van der Waals surface area contributed by atoms with Crippen molar-refractivity contribution in [2.75, 3.05) is 0 Å². The molecule has 0 saturated carbocycles. The zero-order valence-corrected chi connectivity index (χ0v) is 36.2. The summed E-state index contributed by atoms with van der Waals surface area (Å²) in [4.78, 5) is 16.0. The van der Waals surface area contributed by atoms with Gasteiger partial charge in [0.15, 0.2) is 5.82 Å². The molecule has 0 aliphatic rings. The van der Waals surface area contributed by atoms with Crippen molar-refractivity contribution in [1.29, 1.82) is 0 Å². The minimum absolute atomic E-state index is 0.684. The summed E-state index contributed by atoms with van der Waals surface area (Å²) in [6.45, 7) is 0. The number of nitrogens with zero attached hydrogens (tertiary/aromatic N) is 3. The van der Waals surface area contributed by atoms with Gasteiger partial charge in [0, 0.05) is 44.5 Å². The van der Waals surface area contributed by atoms with Crippen molar-refractivity contribution in [1.82, 2.24) is 15.0 Å². The monoisotopic (exact) mass is 841 g/mol. The maximum absolute atomic E-state index is 5.64. The van der Waals surface area contributed by atoms with Crippen molar-refractivity contribution >= 4 is 0 Å². The van der Waals surface area contributed by atoms with Crippen molar-refractivity contribution in [3.63, 3.8) is 0 Å². The van der Waals surface area contributed by atoms with Crippen molar-refractivity contribution < 1.29 is 0 Å². The first-order valence-corrected chi connectivity index (χ1v) is 22.3. The van der Waals surface area contributed by atoms with E-state index in [0.29, 0.717) is 5.82 Å². The smallest absolute Gasteiger partial charge is 0.160 e. The molecule has 3 heteroatoms. The summed E-state index contributed by atoms with van der Waals surface area (Å²) >= 11 is 0. The molecule has 9 aromatic carbocycles. The van der Waals surface area contributed by atoms with Crippen LogP contribution in [0.25, 0.3) is 112 Å². The summed E-state index contributed by atoms with van der Waals surface area (Å²) in [5, 5.41) is 0. The van der Waals surface area contributed by atoms with Gasteiger partial charge in [-0.25, -0.2) is 15.0 Å². The van der Waals surface area contributed by atoms with E-state index in [2.05, 4.69) is 237 Å². The first kappa shape index (κ1) is 40.0. The Bertz CT molecular complexity index is 3330. The van der Waals surface area contributed by atoms with Crippen molar-refractivity contribution in [2.45, 2.75) is 0 Å². The summed E-state index contributed by atoms with van der Waals surface area (Å²) in [6.07, 6.45) is 0. The molecular formula is C63H43N3. The van der Waals surface area contributed by atoms with E-state index in [1.54, 1.807) is 0 Å². The fraction of sp³-hybridized carbons (Fsp3) is 0. The quantitative estimate of drug-likeness (QED) is 0.138. The fourth-order valence-electron chi connectivity index (χ4n) is 8.92. The molecule has 0 radical (unpaired) electrons. The number of benzene rings is 9. The van der Waals surface area contributed by atoms with E-state index in [1.807, 2.05) is 24.3 Å². The molecular weight excluding hydrogens is 799 g/mol. The lowest BCUT2D eigenvalue weighted by Gasteiger charge is -2.23. The summed E-state index contributed by atoms with van der Waals surface area (Å²) in [7, 11) is 0. The zero-order valence-electron chi connectivity index (χ0n) is 36.2. The number of hydrogen-bond acceptors (Lipinski definition) is 3. The highest BCUT2D eigenvalue weighted by Gasteiger charge is 2.25. The Morgan fingerprint density at radius 3 is 0.909 bits per heavy atom. The predicted octanol–water partition coefficient (Wildman–Crippen LogP) is 16.5. The fourth-order valence-corrected chi connectivity index (χ4v) is 8.92. The Morgan fingerprint density at radius 2 is 0.485 bits per heavy atom. The number of aromatic nitrogens is 3. The van der Waals surface area contributed by atoms with Crippen LogP contribution in [0.4, 0.5) is 0 Å². The van der Waals surface area contributed by atoms with Crippen LogP contribution in [-0.2, 0) is 0 Å². The van der Waals surface area contributed by atoms with E-state index < -0.39 is 0 Å². The summed E-state index contributed by atoms with van der Waals surface area (Å²) in [5.41, 5.74) is 19.8. The van der Waals surface area contributed by atoms with Crippen LogP contribution in [0.5, 0.6) is 0 Å². The van der Waals surface area contributed by atoms with Crippen LogP contribution in [-0.4, -0.2) is 15.0 Å². The highest BCUT2D eigenvalue weighted by atomic mass is 14.9. The Hall–Kier alpha value is -8.79.